The van der Waals surface area contributed by atoms with E-state index in [1.807, 2.05) is 0 Å². The van der Waals surface area contributed by atoms with E-state index < -0.39 is 0 Å². The van der Waals surface area contributed by atoms with Crippen molar-refractivity contribution >= 4 is 23.5 Å². The molecule has 0 aliphatic carbocycles. The van der Waals surface area contributed by atoms with Gasteiger partial charge in [-0.25, -0.2) is 0 Å². The number of ether oxygens (including phenoxy) is 4. The molecular formula is C19H19ClO5. The SMILES string of the molecule is COc1ccc(C(=O)/C(Cl)=C\c2ccc(OC)c(OC)c2)c(OC)c1. The third-order valence-electron chi connectivity index (χ3n) is 3.57. The van der Waals surface area contributed by atoms with E-state index in [4.69, 9.17) is 30.5 Å². The quantitative estimate of drug-likeness (QED) is 0.546. The third kappa shape index (κ3) is 4.25. The molecule has 6 heteroatoms. The molecule has 0 bridgehead atoms. The van der Waals surface area contributed by atoms with E-state index in [-0.39, 0.29) is 10.8 Å². The van der Waals surface area contributed by atoms with Gasteiger partial charge in [0.05, 0.1) is 39.0 Å². The zero-order valence-corrected chi connectivity index (χ0v) is 15.2. The number of ketones is 1. The normalized spacial score (nSPS) is 11.0. The second-order valence-electron chi connectivity index (χ2n) is 5.00. The average molecular weight is 363 g/mol. The third-order valence-corrected chi connectivity index (χ3v) is 3.85. The number of Topliss-reactive ketones (excluding diaryl/α,β-unsaturated/α-hetero) is 1. The van der Waals surface area contributed by atoms with Crippen molar-refractivity contribution in [3.63, 3.8) is 0 Å². The molecule has 0 unspecified atom stereocenters. The number of rotatable bonds is 7. The molecule has 2 rings (SSSR count). The number of carbonyl (C=O) groups excluding carboxylic acids is 1. The van der Waals surface area contributed by atoms with Gasteiger partial charge in [-0.15, -0.1) is 0 Å². The fraction of sp³-hybridized carbons (Fsp3) is 0.211. The lowest BCUT2D eigenvalue weighted by molar-refractivity contribution is 0.104. The molecule has 2 aromatic carbocycles. The smallest absolute Gasteiger partial charge is 0.208 e. The molecule has 0 aliphatic rings. The van der Waals surface area contributed by atoms with Crippen LogP contribution in [-0.4, -0.2) is 34.2 Å². The van der Waals surface area contributed by atoms with Gasteiger partial charge in [0.2, 0.25) is 5.78 Å². The van der Waals surface area contributed by atoms with Crippen molar-refractivity contribution in [1.82, 2.24) is 0 Å². The van der Waals surface area contributed by atoms with Gasteiger partial charge in [-0.3, -0.25) is 4.79 Å². The summed E-state index contributed by atoms with van der Waals surface area (Å²) in [6, 6.07) is 10.2. The number of methoxy groups -OCH3 is 4. The molecule has 5 nitrogen and oxygen atoms in total. The molecule has 0 fully saturated rings. The van der Waals surface area contributed by atoms with Crippen molar-refractivity contribution in [3.05, 3.63) is 52.6 Å². The molecule has 0 aromatic heterocycles. The average Bonchev–Trinajstić information content (AvgIpc) is 2.66. The van der Waals surface area contributed by atoms with Crippen LogP contribution >= 0.6 is 11.6 Å². The van der Waals surface area contributed by atoms with Crippen molar-refractivity contribution in [2.24, 2.45) is 0 Å². The van der Waals surface area contributed by atoms with E-state index in [9.17, 15) is 4.79 Å². The molecule has 0 atom stereocenters. The molecule has 0 heterocycles. The Hall–Kier alpha value is -2.66. The maximum atomic E-state index is 12.6. The topological polar surface area (TPSA) is 54.0 Å². The minimum Gasteiger partial charge on any atom is -0.497 e. The maximum Gasteiger partial charge on any atom is 0.208 e. The number of hydrogen-bond acceptors (Lipinski definition) is 5. The number of halogens is 1. The van der Waals surface area contributed by atoms with Gasteiger partial charge in [-0.1, -0.05) is 17.7 Å². The predicted molar refractivity (Wildman–Crippen MR) is 97.3 cm³/mol. The van der Waals surface area contributed by atoms with Gasteiger partial charge >= 0.3 is 0 Å². The number of carbonyl (C=O) groups is 1. The van der Waals surface area contributed by atoms with Crippen LogP contribution in [0.5, 0.6) is 23.0 Å². The Morgan fingerprint density at radius 2 is 1.52 bits per heavy atom. The highest BCUT2D eigenvalue weighted by molar-refractivity contribution is 6.47. The number of allylic oxidation sites excluding steroid dienone is 1. The maximum absolute atomic E-state index is 12.6. The Kier molecular flexibility index (Phi) is 6.31. The van der Waals surface area contributed by atoms with Crippen LogP contribution in [0.2, 0.25) is 0 Å². The largest absolute Gasteiger partial charge is 0.497 e. The summed E-state index contributed by atoms with van der Waals surface area (Å²) in [7, 11) is 6.12. The number of hydrogen-bond donors (Lipinski definition) is 0. The fourth-order valence-electron chi connectivity index (χ4n) is 2.27. The molecular weight excluding hydrogens is 344 g/mol. The van der Waals surface area contributed by atoms with Gasteiger partial charge in [-0.2, -0.15) is 0 Å². The van der Waals surface area contributed by atoms with Crippen LogP contribution in [0, 0.1) is 0 Å². The summed E-state index contributed by atoms with van der Waals surface area (Å²) in [5.74, 6) is 1.78. The number of benzene rings is 2. The highest BCUT2D eigenvalue weighted by Crippen LogP contribution is 2.31. The first kappa shape index (κ1) is 18.7. The Morgan fingerprint density at radius 3 is 2.12 bits per heavy atom. The zero-order valence-electron chi connectivity index (χ0n) is 14.5. The van der Waals surface area contributed by atoms with Gasteiger partial charge in [-0.05, 0) is 35.9 Å². The monoisotopic (exact) mass is 362 g/mol. The molecule has 0 saturated carbocycles. The van der Waals surface area contributed by atoms with Crippen LogP contribution in [0.25, 0.3) is 6.08 Å². The van der Waals surface area contributed by atoms with Crippen LogP contribution in [0.15, 0.2) is 41.4 Å². The van der Waals surface area contributed by atoms with E-state index in [0.717, 1.165) is 0 Å². The lowest BCUT2D eigenvalue weighted by atomic mass is 10.1. The van der Waals surface area contributed by atoms with E-state index in [0.29, 0.717) is 34.1 Å². The molecule has 0 radical (unpaired) electrons. The van der Waals surface area contributed by atoms with Crippen molar-refractivity contribution < 1.29 is 23.7 Å². The first-order valence-electron chi connectivity index (χ1n) is 7.40. The molecule has 25 heavy (non-hydrogen) atoms. The molecule has 0 N–H and O–H groups in total. The summed E-state index contributed by atoms with van der Waals surface area (Å²) in [5.41, 5.74) is 1.06. The second kappa shape index (κ2) is 8.44. The summed E-state index contributed by atoms with van der Waals surface area (Å²) < 4.78 is 20.8. The molecule has 132 valence electrons. The van der Waals surface area contributed by atoms with Crippen molar-refractivity contribution in [1.29, 1.82) is 0 Å². The minimum atomic E-state index is -0.351. The minimum absolute atomic E-state index is 0.0516. The van der Waals surface area contributed by atoms with E-state index in [1.165, 1.54) is 7.11 Å². The molecule has 0 saturated heterocycles. The van der Waals surface area contributed by atoms with Gasteiger partial charge < -0.3 is 18.9 Å². The van der Waals surface area contributed by atoms with Crippen LogP contribution < -0.4 is 18.9 Å². The van der Waals surface area contributed by atoms with Crippen LogP contribution in [-0.2, 0) is 0 Å². The van der Waals surface area contributed by atoms with Gasteiger partial charge in [0.15, 0.2) is 11.5 Å². The Morgan fingerprint density at radius 1 is 0.840 bits per heavy atom. The van der Waals surface area contributed by atoms with Crippen molar-refractivity contribution in [2.75, 3.05) is 28.4 Å². The highest BCUT2D eigenvalue weighted by atomic mass is 35.5. The van der Waals surface area contributed by atoms with Crippen LogP contribution in [0.3, 0.4) is 0 Å². The summed E-state index contributed by atoms with van der Waals surface area (Å²) in [4.78, 5) is 12.6. The first-order chi connectivity index (χ1) is 12.0. The summed E-state index contributed by atoms with van der Waals surface area (Å²) >= 11 is 6.22. The Bertz CT molecular complexity index is 798. The first-order valence-corrected chi connectivity index (χ1v) is 7.77. The van der Waals surface area contributed by atoms with Gasteiger partial charge in [0.1, 0.15) is 11.5 Å². The Labute approximate surface area is 151 Å². The molecule has 0 amide bonds. The van der Waals surface area contributed by atoms with E-state index in [1.54, 1.807) is 63.8 Å². The fourth-order valence-corrected chi connectivity index (χ4v) is 2.50. The van der Waals surface area contributed by atoms with Crippen LogP contribution in [0.4, 0.5) is 0 Å². The zero-order chi connectivity index (χ0) is 18.4. The highest BCUT2D eigenvalue weighted by Gasteiger charge is 2.17. The van der Waals surface area contributed by atoms with Crippen molar-refractivity contribution in [2.45, 2.75) is 0 Å². The molecule has 2 aromatic rings. The van der Waals surface area contributed by atoms with Crippen molar-refractivity contribution in [3.8, 4) is 23.0 Å². The lowest BCUT2D eigenvalue weighted by Crippen LogP contribution is -2.03. The van der Waals surface area contributed by atoms with Crippen LogP contribution in [0.1, 0.15) is 15.9 Å². The second-order valence-corrected chi connectivity index (χ2v) is 5.41. The standard InChI is InChI=1S/C19H19ClO5/c1-22-13-6-7-14(17(11-13)24-3)19(21)15(20)9-12-5-8-16(23-2)18(10-12)25-4/h5-11H,1-4H3/b15-9+. The van der Waals surface area contributed by atoms with Gasteiger partial charge in [0, 0.05) is 6.07 Å². The Balaban J connectivity index is 2.35. The predicted octanol–water partition coefficient (Wildman–Crippen LogP) is 4.18. The summed E-state index contributed by atoms with van der Waals surface area (Å²) in [6.07, 6.45) is 1.57. The summed E-state index contributed by atoms with van der Waals surface area (Å²) in [6.45, 7) is 0. The molecule has 0 aliphatic heterocycles. The lowest BCUT2D eigenvalue weighted by Gasteiger charge is -2.10. The summed E-state index contributed by atoms with van der Waals surface area (Å²) in [5, 5.41) is 0.0516. The van der Waals surface area contributed by atoms with E-state index in [2.05, 4.69) is 0 Å². The van der Waals surface area contributed by atoms with E-state index >= 15 is 0 Å². The van der Waals surface area contributed by atoms with Gasteiger partial charge in [0.25, 0.3) is 0 Å². The molecule has 0 spiro atoms.